The van der Waals surface area contributed by atoms with Gasteiger partial charge in [-0.2, -0.15) is 4.31 Å². The predicted molar refractivity (Wildman–Crippen MR) is 108 cm³/mol. The highest BCUT2D eigenvalue weighted by atomic mass is 32.2. The van der Waals surface area contributed by atoms with E-state index in [1.54, 1.807) is 23.9 Å². The number of hydrogen-bond donors (Lipinski definition) is 0. The highest BCUT2D eigenvalue weighted by Gasteiger charge is 2.27. The summed E-state index contributed by atoms with van der Waals surface area (Å²) in [5.74, 6) is 1.63. The highest BCUT2D eigenvalue weighted by Crippen LogP contribution is 2.21. The maximum Gasteiger partial charge on any atom is 0.244 e. The van der Waals surface area contributed by atoms with Crippen molar-refractivity contribution in [2.45, 2.75) is 16.8 Å². The third-order valence-corrected chi connectivity index (χ3v) is 7.28. The second kappa shape index (κ2) is 9.05. The molecule has 0 bridgehead atoms. The molecule has 2 heterocycles. The molecule has 0 amide bonds. The number of sulfonamides is 1. The second-order valence-electron chi connectivity index (χ2n) is 6.50. The third kappa shape index (κ3) is 5.22. The number of piperazine rings is 1. The monoisotopic (exact) mass is 407 g/mol. The molecule has 1 aliphatic heterocycles. The Morgan fingerprint density at radius 2 is 1.85 bits per heavy atom. The van der Waals surface area contributed by atoms with Gasteiger partial charge in [0.2, 0.25) is 10.0 Å². The number of para-hydroxylation sites is 1. The lowest BCUT2D eigenvalue weighted by Crippen LogP contribution is -2.47. The van der Waals surface area contributed by atoms with Crippen molar-refractivity contribution in [3.8, 4) is 5.75 Å². The van der Waals surface area contributed by atoms with Gasteiger partial charge < -0.3 is 9.64 Å². The molecule has 1 aromatic heterocycles. The zero-order chi connectivity index (χ0) is 19.3. The Bertz CT molecular complexity index is 849. The van der Waals surface area contributed by atoms with Crippen LogP contribution in [0.25, 0.3) is 0 Å². The van der Waals surface area contributed by atoms with Crippen LogP contribution in [-0.4, -0.2) is 68.2 Å². The van der Waals surface area contributed by atoms with Crippen LogP contribution in [0.4, 0.5) is 0 Å². The third-order valence-electron chi connectivity index (χ3n) is 4.49. The van der Waals surface area contributed by atoms with Crippen LogP contribution in [0.15, 0.2) is 52.5 Å². The van der Waals surface area contributed by atoms with Crippen LogP contribution in [0, 0.1) is 6.92 Å². The number of pyridine rings is 1. The van der Waals surface area contributed by atoms with Crippen molar-refractivity contribution in [3.05, 3.63) is 48.2 Å². The standard InChI is InChI=1S/C19H25N3O3S2/c1-16-5-3-4-6-18(16)25-13-14-26-19-8-7-17(15-20-19)27(23,24)22-11-9-21(2)10-12-22/h3-8,15H,9-14H2,1-2H3. The molecule has 0 N–H and O–H groups in total. The Labute approximate surface area is 165 Å². The fourth-order valence-corrected chi connectivity index (χ4v) is 4.83. The average Bonchev–Trinajstić information content (AvgIpc) is 2.67. The minimum Gasteiger partial charge on any atom is -0.492 e. The van der Waals surface area contributed by atoms with E-state index in [4.69, 9.17) is 4.74 Å². The van der Waals surface area contributed by atoms with Crippen LogP contribution in [0.2, 0.25) is 0 Å². The molecule has 0 radical (unpaired) electrons. The molecule has 8 heteroatoms. The molecule has 0 spiro atoms. The average molecular weight is 408 g/mol. The largest absolute Gasteiger partial charge is 0.492 e. The molecule has 27 heavy (non-hydrogen) atoms. The highest BCUT2D eigenvalue weighted by molar-refractivity contribution is 7.99. The molecule has 1 saturated heterocycles. The van der Waals surface area contributed by atoms with Gasteiger partial charge in [-0.3, -0.25) is 0 Å². The molecule has 0 atom stereocenters. The summed E-state index contributed by atoms with van der Waals surface area (Å²) in [4.78, 5) is 6.69. The van der Waals surface area contributed by atoms with Crippen LogP contribution >= 0.6 is 11.8 Å². The van der Waals surface area contributed by atoms with Gasteiger partial charge in [-0.1, -0.05) is 18.2 Å². The minimum absolute atomic E-state index is 0.257. The van der Waals surface area contributed by atoms with Gasteiger partial charge >= 0.3 is 0 Å². The first-order valence-electron chi connectivity index (χ1n) is 8.93. The first-order chi connectivity index (χ1) is 13.0. The van der Waals surface area contributed by atoms with E-state index in [1.165, 1.54) is 10.5 Å². The topological polar surface area (TPSA) is 62.7 Å². The summed E-state index contributed by atoms with van der Waals surface area (Å²) in [6.07, 6.45) is 1.46. The number of benzene rings is 1. The van der Waals surface area contributed by atoms with Gasteiger partial charge in [0.25, 0.3) is 0 Å². The fraction of sp³-hybridized carbons (Fsp3) is 0.421. The summed E-state index contributed by atoms with van der Waals surface area (Å²) in [5.41, 5.74) is 1.11. The predicted octanol–water partition coefficient (Wildman–Crippen LogP) is 2.50. The van der Waals surface area contributed by atoms with Crippen LogP contribution in [-0.2, 0) is 10.0 Å². The number of aryl methyl sites for hydroxylation is 1. The second-order valence-corrected chi connectivity index (χ2v) is 9.56. The molecule has 0 aliphatic carbocycles. The molecule has 0 unspecified atom stereocenters. The molecule has 3 rings (SSSR count). The van der Waals surface area contributed by atoms with E-state index in [0.29, 0.717) is 19.7 Å². The van der Waals surface area contributed by atoms with E-state index in [-0.39, 0.29) is 4.90 Å². The lowest BCUT2D eigenvalue weighted by molar-refractivity contribution is 0.222. The van der Waals surface area contributed by atoms with Crippen LogP contribution in [0.1, 0.15) is 5.56 Å². The summed E-state index contributed by atoms with van der Waals surface area (Å²) in [6, 6.07) is 11.3. The van der Waals surface area contributed by atoms with Gasteiger partial charge in [0.15, 0.2) is 0 Å². The fourth-order valence-electron chi connectivity index (χ4n) is 2.80. The number of ether oxygens (including phenoxy) is 1. The molecule has 6 nitrogen and oxygen atoms in total. The van der Waals surface area contributed by atoms with E-state index >= 15 is 0 Å². The Kier molecular flexibility index (Phi) is 6.75. The molecule has 146 valence electrons. The molecule has 1 aliphatic rings. The van der Waals surface area contributed by atoms with Crippen molar-refractivity contribution in [3.63, 3.8) is 0 Å². The van der Waals surface area contributed by atoms with Crippen molar-refractivity contribution in [2.75, 3.05) is 45.6 Å². The molecule has 1 aromatic carbocycles. The van der Waals surface area contributed by atoms with E-state index in [1.807, 2.05) is 38.2 Å². The van der Waals surface area contributed by atoms with Crippen molar-refractivity contribution in [1.82, 2.24) is 14.2 Å². The molecule has 0 saturated carbocycles. The molecular weight excluding hydrogens is 382 g/mol. The smallest absolute Gasteiger partial charge is 0.244 e. The van der Waals surface area contributed by atoms with E-state index in [0.717, 1.165) is 35.2 Å². The van der Waals surface area contributed by atoms with Crippen LogP contribution < -0.4 is 4.74 Å². The Balaban J connectivity index is 1.52. The number of aromatic nitrogens is 1. The zero-order valence-electron chi connectivity index (χ0n) is 15.7. The number of rotatable bonds is 7. The maximum atomic E-state index is 12.7. The summed E-state index contributed by atoms with van der Waals surface area (Å²) >= 11 is 1.55. The van der Waals surface area contributed by atoms with Crippen LogP contribution in [0.5, 0.6) is 5.75 Å². The van der Waals surface area contributed by atoms with E-state index < -0.39 is 10.0 Å². The maximum absolute atomic E-state index is 12.7. The summed E-state index contributed by atoms with van der Waals surface area (Å²) in [6.45, 7) is 5.13. The van der Waals surface area contributed by atoms with Crippen molar-refractivity contribution >= 4 is 21.8 Å². The Morgan fingerprint density at radius 1 is 1.11 bits per heavy atom. The van der Waals surface area contributed by atoms with Gasteiger partial charge in [0.05, 0.1) is 11.6 Å². The van der Waals surface area contributed by atoms with Gasteiger partial charge in [0, 0.05) is 38.1 Å². The number of thioether (sulfide) groups is 1. The number of hydrogen-bond acceptors (Lipinski definition) is 6. The van der Waals surface area contributed by atoms with Crippen molar-refractivity contribution in [1.29, 1.82) is 0 Å². The van der Waals surface area contributed by atoms with Crippen molar-refractivity contribution < 1.29 is 13.2 Å². The lowest BCUT2D eigenvalue weighted by Gasteiger charge is -2.31. The zero-order valence-corrected chi connectivity index (χ0v) is 17.3. The number of nitrogens with zero attached hydrogens (tertiary/aromatic N) is 3. The van der Waals surface area contributed by atoms with Crippen molar-refractivity contribution in [2.24, 2.45) is 0 Å². The first-order valence-corrected chi connectivity index (χ1v) is 11.4. The van der Waals surface area contributed by atoms with E-state index in [9.17, 15) is 8.42 Å². The molecule has 2 aromatic rings. The minimum atomic E-state index is -3.46. The normalized spacial score (nSPS) is 16.4. The van der Waals surface area contributed by atoms with Gasteiger partial charge in [-0.25, -0.2) is 13.4 Å². The van der Waals surface area contributed by atoms with Gasteiger partial charge in [-0.15, -0.1) is 11.8 Å². The summed E-state index contributed by atoms with van der Waals surface area (Å²) in [5, 5.41) is 0.792. The van der Waals surface area contributed by atoms with Crippen LogP contribution in [0.3, 0.4) is 0 Å². The lowest BCUT2D eigenvalue weighted by atomic mass is 10.2. The Hall–Kier alpha value is -1.61. The first kappa shape index (κ1) is 20.1. The SMILES string of the molecule is Cc1ccccc1OCCSc1ccc(S(=O)(=O)N2CCN(C)CC2)cn1. The summed E-state index contributed by atoms with van der Waals surface area (Å²) in [7, 11) is -1.46. The Morgan fingerprint density at radius 3 is 2.52 bits per heavy atom. The molecule has 1 fully saturated rings. The van der Waals surface area contributed by atoms with Gasteiger partial charge in [0.1, 0.15) is 10.6 Å². The number of likely N-dealkylation sites (N-methyl/N-ethyl adjacent to an activating group) is 1. The quantitative estimate of drug-likeness (QED) is 0.519. The van der Waals surface area contributed by atoms with E-state index in [2.05, 4.69) is 9.88 Å². The molecular formula is C19H25N3O3S2. The summed E-state index contributed by atoms with van der Waals surface area (Å²) < 4.78 is 32.7. The van der Waals surface area contributed by atoms with Gasteiger partial charge in [-0.05, 0) is 37.7 Å².